The summed E-state index contributed by atoms with van der Waals surface area (Å²) in [5.41, 5.74) is 7.27. The van der Waals surface area contributed by atoms with Gasteiger partial charge in [0, 0.05) is 11.7 Å². The maximum Gasteiger partial charge on any atom is 0.228 e. The van der Waals surface area contributed by atoms with Crippen LogP contribution >= 0.6 is 0 Å². The minimum atomic E-state index is -0.202. The van der Waals surface area contributed by atoms with E-state index < -0.39 is 0 Å². The Kier molecular flexibility index (Phi) is 3.80. The van der Waals surface area contributed by atoms with Crippen molar-refractivity contribution in [1.29, 1.82) is 0 Å². The zero-order valence-electron chi connectivity index (χ0n) is 9.32. The summed E-state index contributed by atoms with van der Waals surface area (Å²) in [7, 11) is 0. The fourth-order valence-corrected chi connectivity index (χ4v) is 1.04. The van der Waals surface area contributed by atoms with Gasteiger partial charge < -0.3 is 11.1 Å². The molecule has 1 amide bonds. The molecule has 1 heterocycles. The number of carbonyl (C=O) groups excluding carboxylic acids is 1. The van der Waals surface area contributed by atoms with Gasteiger partial charge in [-0.3, -0.25) is 9.78 Å². The normalized spacial score (nSPS) is 14.4. The highest BCUT2D eigenvalue weighted by molar-refractivity contribution is 5.92. The zero-order valence-corrected chi connectivity index (χ0v) is 9.32. The topological polar surface area (TPSA) is 68.0 Å². The highest BCUT2D eigenvalue weighted by atomic mass is 16.1. The fraction of sp³-hybridized carbons (Fsp3) is 0.455. The molecular weight excluding hydrogens is 190 g/mol. The number of aryl methyl sites for hydroxylation is 1. The SMILES string of the molecule is Cc1ccc(NC(=O)C(C)C(C)N)cn1. The van der Waals surface area contributed by atoms with Gasteiger partial charge in [0.15, 0.2) is 0 Å². The Morgan fingerprint density at radius 2 is 2.13 bits per heavy atom. The van der Waals surface area contributed by atoms with Crippen molar-refractivity contribution < 1.29 is 4.79 Å². The van der Waals surface area contributed by atoms with Crippen LogP contribution in [-0.2, 0) is 4.79 Å². The van der Waals surface area contributed by atoms with E-state index in [-0.39, 0.29) is 17.9 Å². The maximum atomic E-state index is 11.6. The Morgan fingerprint density at radius 3 is 2.60 bits per heavy atom. The first kappa shape index (κ1) is 11.7. The molecule has 4 nitrogen and oxygen atoms in total. The van der Waals surface area contributed by atoms with E-state index in [1.54, 1.807) is 6.20 Å². The van der Waals surface area contributed by atoms with Crippen molar-refractivity contribution in [2.75, 3.05) is 5.32 Å². The lowest BCUT2D eigenvalue weighted by Crippen LogP contribution is -2.34. The van der Waals surface area contributed by atoms with Crippen LogP contribution in [0.3, 0.4) is 0 Å². The molecule has 2 atom stereocenters. The lowest BCUT2D eigenvalue weighted by molar-refractivity contribution is -0.119. The molecule has 0 aliphatic rings. The molecule has 0 aliphatic carbocycles. The van der Waals surface area contributed by atoms with Gasteiger partial charge in [-0.25, -0.2) is 0 Å². The molecule has 0 bridgehead atoms. The maximum absolute atomic E-state index is 11.6. The van der Waals surface area contributed by atoms with Crippen LogP contribution in [0, 0.1) is 12.8 Å². The smallest absolute Gasteiger partial charge is 0.228 e. The quantitative estimate of drug-likeness (QED) is 0.785. The standard InChI is InChI=1S/C11H17N3O/c1-7-4-5-10(6-13-7)14-11(15)8(2)9(3)12/h4-6,8-9H,12H2,1-3H3,(H,14,15). The number of aromatic nitrogens is 1. The summed E-state index contributed by atoms with van der Waals surface area (Å²) in [5.74, 6) is -0.276. The van der Waals surface area contributed by atoms with Gasteiger partial charge in [0.25, 0.3) is 0 Å². The molecule has 15 heavy (non-hydrogen) atoms. The van der Waals surface area contributed by atoms with Gasteiger partial charge in [-0.15, -0.1) is 0 Å². The van der Waals surface area contributed by atoms with Crippen molar-refractivity contribution in [3.8, 4) is 0 Å². The summed E-state index contributed by atoms with van der Waals surface area (Å²) in [6, 6.07) is 3.53. The van der Waals surface area contributed by atoms with E-state index in [4.69, 9.17) is 5.73 Å². The Hall–Kier alpha value is -1.42. The van der Waals surface area contributed by atoms with Crippen LogP contribution in [0.2, 0.25) is 0 Å². The highest BCUT2D eigenvalue weighted by Crippen LogP contribution is 2.09. The van der Waals surface area contributed by atoms with Gasteiger partial charge in [-0.05, 0) is 26.0 Å². The first-order valence-corrected chi connectivity index (χ1v) is 5.00. The Balaban J connectivity index is 2.62. The monoisotopic (exact) mass is 207 g/mol. The zero-order chi connectivity index (χ0) is 11.4. The molecule has 82 valence electrons. The lowest BCUT2D eigenvalue weighted by atomic mass is 10.0. The van der Waals surface area contributed by atoms with Gasteiger partial charge in [0.1, 0.15) is 0 Å². The second-order valence-corrected chi connectivity index (χ2v) is 3.83. The van der Waals surface area contributed by atoms with Gasteiger partial charge in [-0.1, -0.05) is 6.92 Å². The summed E-state index contributed by atoms with van der Waals surface area (Å²) in [5, 5.41) is 2.77. The van der Waals surface area contributed by atoms with Crippen molar-refractivity contribution in [1.82, 2.24) is 4.98 Å². The lowest BCUT2D eigenvalue weighted by Gasteiger charge is -2.15. The van der Waals surface area contributed by atoms with Crippen LogP contribution < -0.4 is 11.1 Å². The number of carbonyl (C=O) groups is 1. The molecule has 1 aromatic heterocycles. The van der Waals surface area contributed by atoms with Crippen LogP contribution in [0.5, 0.6) is 0 Å². The first-order valence-electron chi connectivity index (χ1n) is 5.00. The van der Waals surface area contributed by atoms with Crippen molar-refractivity contribution in [3.63, 3.8) is 0 Å². The Labute approximate surface area is 89.9 Å². The van der Waals surface area contributed by atoms with Crippen LogP contribution in [0.15, 0.2) is 18.3 Å². The predicted octanol–water partition coefficient (Wildman–Crippen LogP) is 1.31. The van der Waals surface area contributed by atoms with E-state index in [1.807, 2.05) is 32.9 Å². The first-order chi connectivity index (χ1) is 7.00. The van der Waals surface area contributed by atoms with Crippen LogP contribution in [-0.4, -0.2) is 16.9 Å². The molecule has 0 saturated heterocycles. The third kappa shape index (κ3) is 3.32. The average molecular weight is 207 g/mol. The number of nitrogens with one attached hydrogen (secondary N) is 1. The van der Waals surface area contributed by atoms with Gasteiger partial charge >= 0.3 is 0 Å². The van der Waals surface area contributed by atoms with E-state index in [9.17, 15) is 4.79 Å². The number of rotatable bonds is 3. The summed E-state index contributed by atoms with van der Waals surface area (Å²) in [6.07, 6.45) is 1.64. The summed E-state index contributed by atoms with van der Waals surface area (Å²) in [4.78, 5) is 15.7. The van der Waals surface area contributed by atoms with Crippen molar-refractivity contribution in [2.24, 2.45) is 11.7 Å². The van der Waals surface area contributed by atoms with E-state index in [0.29, 0.717) is 5.69 Å². The number of pyridine rings is 1. The molecule has 0 aromatic carbocycles. The number of hydrogen-bond donors (Lipinski definition) is 2. The molecule has 0 aliphatic heterocycles. The largest absolute Gasteiger partial charge is 0.327 e. The number of nitrogens with two attached hydrogens (primary N) is 1. The molecular formula is C11H17N3O. The molecule has 3 N–H and O–H groups in total. The van der Waals surface area contributed by atoms with E-state index in [0.717, 1.165) is 5.69 Å². The summed E-state index contributed by atoms with van der Waals surface area (Å²) >= 11 is 0. The van der Waals surface area contributed by atoms with Gasteiger partial charge in [-0.2, -0.15) is 0 Å². The number of amides is 1. The Bertz CT molecular complexity index is 332. The fourth-order valence-electron chi connectivity index (χ4n) is 1.04. The molecule has 2 unspecified atom stereocenters. The van der Waals surface area contributed by atoms with Crippen LogP contribution in [0.1, 0.15) is 19.5 Å². The van der Waals surface area contributed by atoms with Crippen molar-refractivity contribution in [3.05, 3.63) is 24.0 Å². The molecule has 0 spiro atoms. The second-order valence-electron chi connectivity index (χ2n) is 3.83. The van der Waals surface area contributed by atoms with Crippen molar-refractivity contribution >= 4 is 11.6 Å². The number of hydrogen-bond acceptors (Lipinski definition) is 3. The summed E-state index contributed by atoms with van der Waals surface area (Å²) < 4.78 is 0. The van der Waals surface area contributed by atoms with E-state index >= 15 is 0 Å². The predicted molar refractivity (Wildman–Crippen MR) is 60.4 cm³/mol. The minimum Gasteiger partial charge on any atom is -0.327 e. The Morgan fingerprint density at radius 1 is 1.47 bits per heavy atom. The van der Waals surface area contributed by atoms with E-state index in [1.165, 1.54) is 0 Å². The molecule has 0 saturated carbocycles. The van der Waals surface area contributed by atoms with Crippen molar-refractivity contribution in [2.45, 2.75) is 26.8 Å². The van der Waals surface area contributed by atoms with Crippen LogP contribution in [0.4, 0.5) is 5.69 Å². The third-order valence-corrected chi connectivity index (χ3v) is 2.38. The molecule has 1 rings (SSSR count). The van der Waals surface area contributed by atoms with Gasteiger partial charge in [0.2, 0.25) is 5.91 Å². The second kappa shape index (κ2) is 4.89. The third-order valence-electron chi connectivity index (χ3n) is 2.38. The molecule has 4 heteroatoms. The number of anilines is 1. The van der Waals surface area contributed by atoms with E-state index in [2.05, 4.69) is 10.3 Å². The average Bonchev–Trinajstić information content (AvgIpc) is 2.20. The molecule has 0 fully saturated rings. The molecule has 1 aromatic rings. The minimum absolute atomic E-state index is 0.0735. The number of nitrogens with zero attached hydrogens (tertiary/aromatic N) is 1. The molecule has 0 radical (unpaired) electrons. The van der Waals surface area contributed by atoms with Crippen LogP contribution in [0.25, 0.3) is 0 Å². The summed E-state index contributed by atoms with van der Waals surface area (Å²) in [6.45, 7) is 5.52. The van der Waals surface area contributed by atoms with Gasteiger partial charge in [0.05, 0.1) is 17.8 Å². The highest BCUT2D eigenvalue weighted by Gasteiger charge is 2.16.